The molecule has 2 rings (SSSR count). The van der Waals surface area contributed by atoms with Crippen LogP contribution in [0.25, 0.3) is 12.2 Å². The van der Waals surface area contributed by atoms with E-state index in [1.165, 1.54) is 31.2 Å². The summed E-state index contributed by atoms with van der Waals surface area (Å²) in [5, 5.41) is 0.502. The van der Waals surface area contributed by atoms with Crippen LogP contribution in [0.15, 0.2) is 38.9 Å². The highest BCUT2D eigenvalue weighted by Gasteiger charge is 2.23. The maximum Gasteiger partial charge on any atom is 0.201 e. The van der Waals surface area contributed by atoms with Crippen LogP contribution < -0.4 is 16.1 Å². The highest BCUT2D eigenvalue weighted by molar-refractivity contribution is 7.99. The first-order chi connectivity index (χ1) is 12.4. The van der Waals surface area contributed by atoms with Crippen molar-refractivity contribution < 1.29 is 4.42 Å². The molecular formula is C22H29NO2S. The number of hydrogen-bond acceptors (Lipinski definition) is 4. The summed E-state index contributed by atoms with van der Waals surface area (Å²) >= 11 is 1.46. The van der Waals surface area contributed by atoms with E-state index in [4.69, 9.17) is 4.42 Å². The molecule has 1 fully saturated rings. The predicted molar refractivity (Wildman–Crippen MR) is 114 cm³/mol. The predicted octanol–water partition coefficient (Wildman–Crippen LogP) is 4.49. The largest absolute Gasteiger partial charge is 0.460 e. The van der Waals surface area contributed by atoms with Gasteiger partial charge < -0.3 is 4.42 Å². The monoisotopic (exact) mass is 371 g/mol. The molecule has 0 N–H and O–H groups in total. The number of hydrogen-bond donors (Lipinski definition) is 0. The van der Waals surface area contributed by atoms with Gasteiger partial charge in [0, 0.05) is 16.9 Å². The molecule has 0 atom stereocenters. The molecule has 0 spiro atoms. The molecule has 1 aliphatic carbocycles. The lowest BCUT2D eigenvalue weighted by Crippen LogP contribution is -2.42. The second kappa shape index (κ2) is 9.22. The Bertz CT molecular complexity index is 850. The zero-order valence-electron chi connectivity index (χ0n) is 16.1. The summed E-state index contributed by atoms with van der Waals surface area (Å²) in [5.74, 6) is 1.04. The van der Waals surface area contributed by atoms with Crippen LogP contribution in [0.1, 0.15) is 70.1 Å². The third kappa shape index (κ3) is 5.34. The first kappa shape index (κ1) is 20.5. The summed E-state index contributed by atoms with van der Waals surface area (Å²) in [4.78, 5) is 13.2. The van der Waals surface area contributed by atoms with Gasteiger partial charge >= 0.3 is 0 Å². The molecule has 3 nitrogen and oxygen atoms in total. The molecule has 0 saturated heterocycles. The van der Waals surface area contributed by atoms with Crippen LogP contribution in [-0.2, 0) is 0 Å². The van der Waals surface area contributed by atoms with Gasteiger partial charge in [-0.25, -0.2) is 4.40 Å². The number of allylic oxidation sites excluding steroid dienone is 2. The summed E-state index contributed by atoms with van der Waals surface area (Å²) in [5.41, 5.74) is 1.07. The zero-order valence-corrected chi connectivity index (χ0v) is 16.9. The Balaban J connectivity index is 2.68. The fourth-order valence-corrected chi connectivity index (χ4v) is 3.61. The fourth-order valence-electron chi connectivity index (χ4n) is 3.13. The lowest BCUT2D eigenvalue weighted by molar-refractivity contribution is 0.353. The van der Waals surface area contributed by atoms with Gasteiger partial charge in [-0.1, -0.05) is 44.6 Å². The lowest BCUT2D eigenvalue weighted by Gasteiger charge is -2.22. The molecule has 1 saturated carbocycles. The molecule has 26 heavy (non-hydrogen) atoms. The Morgan fingerprint density at radius 2 is 1.77 bits per heavy atom. The van der Waals surface area contributed by atoms with Gasteiger partial charge in [-0.2, -0.15) is 0 Å². The first-order valence-corrected chi connectivity index (χ1v) is 9.99. The van der Waals surface area contributed by atoms with Crippen molar-refractivity contribution >= 4 is 30.3 Å². The Morgan fingerprint density at radius 3 is 2.35 bits per heavy atom. The van der Waals surface area contributed by atoms with Crippen LogP contribution in [0, 0.1) is 0 Å². The summed E-state index contributed by atoms with van der Waals surface area (Å²) < 4.78 is 10.7. The van der Waals surface area contributed by atoms with Crippen molar-refractivity contribution in [2.75, 3.05) is 0 Å². The van der Waals surface area contributed by atoms with Gasteiger partial charge in [-0.3, -0.25) is 4.79 Å². The van der Waals surface area contributed by atoms with Crippen molar-refractivity contribution in [3.63, 3.8) is 0 Å². The Labute approximate surface area is 160 Å². The van der Waals surface area contributed by atoms with Crippen molar-refractivity contribution in [3.8, 4) is 0 Å². The van der Waals surface area contributed by atoms with Crippen LogP contribution in [0.3, 0.4) is 0 Å². The van der Waals surface area contributed by atoms with Gasteiger partial charge in [0.1, 0.15) is 11.2 Å². The van der Waals surface area contributed by atoms with Gasteiger partial charge in [-0.05, 0) is 57.7 Å². The molecule has 0 aliphatic heterocycles. The van der Waals surface area contributed by atoms with E-state index in [9.17, 15) is 4.79 Å². The molecule has 0 unspecified atom stereocenters. The molecule has 0 amide bonds. The third-order valence-corrected chi connectivity index (χ3v) is 5.04. The maximum atomic E-state index is 13.2. The van der Waals surface area contributed by atoms with E-state index in [0.717, 1.165) is 18.6 Å². The van der Waals surface area contributed by atoms with Gasteiger partial charge in [0.05, 0.1) is 10.8 Å². The van der Waals surface area contributed by atoms with E-state index < -0.39 is 0 Å². The van der Waals surface area contributed by atoms with Gasteiger partial charge in [0.2, 0.25) is 5.43 Å². The van der Waals surface area contributed by atoms with Crippen molar-refractivity contribution in [1.82, 2.24) is 0 Å². The molecule has 1 aromatic rings. The summed E-state index contributed by atoms with van der Waals surface area (Å²) in [6.07, 6.45) is 14.1. The average molecular weight is 372 g/mol. The molecule has 4 heteroatoms. The Hall–Kier alpha value is -1.81. The number of nitrogens with zero attached hydrogens (tertiary/aromatic N) is 1. The summed E-state index contributed by atoms with van der Waals surface area (Å²) in [6.45, 7) is 13.7. The minimum atomic E-state index is -0.0527. The number of rotatable bonds is 5. The van der Waals surface area contributed by atoms with Gasteiger partial charge in [-0.15, -0.1) is 0 Å². The molecule has 0 bridgehead atoms. The molecule has 0 aromatic carbocycles. The Morgan fingerprint density at radius 1 is 1.12 bits per heavy atom. The maximum absolute atomic E-state index is 13.2. The average Bonchev–Trinajstić information content (AvgIpc) is 2.59. The van der Waals surface area contributed by atoms with E-state index in [1.54, 1.807) is 30.5 Å². The lowest BCUT2D eigenvalue weighted by atomic mass is 9.85. The minimum Gasteiger partial charge on any atom is -0.460 e. The molecule has 1 heterocycles. The van der Waals surface area contributed by atoms with Crippen molar-refractivity contribution in [2.24, 2.45) is 4.40 Å². The van der Waals surface area contributed by atoms with Crippen LogP contribution in [0.4, 0.5) is 0 Å². The Kier molecular flexibility index (Phi) is 7.27. The second-order valence-electron chi connectivity index (χ2n) is 7.56. The smallest absolute Gasteiger partial charge is 0.201 e. The van der Waals surface area contributed by atoms with E-state index in [0.29, 0.717) is 16.2 Å². The fraction of sp³-hybridized carbons (Fsp3) is 0.455. The molecule has 0 radical (unpaired) electrons. The SMILES string of the molecule is C=C/C=c1/oc(C2CCCCC2)c(C=NSC(C)(C)C)c(=O)/c1=C/C=C. The van der Waals surface area contributed by atoms with E-state index in [1.807, 2.05) is 0 Å². The van der Waals surface area contributed by atoms with Crippen LogP contribution in [0.2, 0.25) is 0 Å². The standard InChI is InChI=1S/C22H29NO2S/c1-6-11-17-19(12-7-2)25-21(16-13-9-8-10-14-16)18(20(17)24)15-23-26-22(3,4)5/h6-7,11-12,15-16H,1-2,8-10,13-14H2,3-5H3/b17-11+,19-12+,23-15?. The van der Waals surface area contributed by atoms with E-state index in [2.05, 4.69) is 38.3 Å². The van der Waals surface area contributed by atoms with Crippen LogP contribution >= 0.6 is 11.9 Å². The highest BCUT2D eigenvalue weighted by atomic mass is 32.2. The minimum absolute atomic E-state index is 0.00563. The van der Waals surface area contributed by atoms with Crippen molar-refractivity contribution in [3.05, 3.63) is 57.5 Å². The highest BCUT2D eigenvalue weighted by Crippen LogP contribution is 2.33. The topological polar surface area (TPSA) is 42.6 Å². The molecular weight excluding hydrogens is 342 g/mol. The van der Waals surface area contributed by atoms with E-state index >= 15 is 0 Å². The summed E-state index contributed by atoms with van der Waals surface area (Å²) in [6, 6.07) is 0. The first-order valence-electron chi connectivity index (χ1n) is 9.21. The summed E-state index contributed by atoms with van der Waals surface area (Å²) in [7, 11) is 0. The van der Waals surface area contributed by atoms with Crippen LogP contribution in [-0.4, -0.2) is 11.0 Å². The quantitative estimate of drug-likeness (QED) is 0.566. The van der Waals surface area contributed by atoms with Gasteiger partial charge in [0.25, 0.3) is 0 Å². The molecule has 1 aromatic heterocycles. The normalized spacial score (nSPS) is 17.8. The zero-order chi connectivity index (χ0) is 19.2. The van der Waals surface area contributed by atoms with Crippen LogP contribution in [0.5, 0.6) is 0 Å². The van der Waals surface area contributed by atoms with Gasteiger partial charge in [0.15, 0.2) is 0 Å². The molecule has 1 aliphatic rings. The molecule has 140 valence electrons. The second-order valence-corrected chi connectivity index (χ2v) is 9.18. The van der Waals surface area contributed by atoms with Crippen molar-refractivity contribution in [2.45, 2.75) is 63.5 Å². The third-order valence-electron chi connectivity index (χ3n) is 4.28. The van der Waals surface area contributed by atoms with Crippen molar-refractivity contribution in [1.29, 1.82) is 0 Å². The van der Waals surface area contributed by atoms with E-state index in [-0.39, 0.29) is 16.1 Å².